The lowest BCUT2D eigenvalue weighted by molar-refractivity contribution is 0.0632. The smallest absolute Gasteiger partial charge is 0.256 e. The molecule has 1 aliphatic heterocycles. The Morgan fingerprint density at radius 2 is 2.06 bits per heavy atom. The summed E-state index contributed by atoms with van der Waals surface area (Å²) >= 11 is 11.2. The van der Waals surface area contributed by atoms with Crippen molar-refractivity contribution in [1.29, 1.82) is 0 Å². The van der Waals surface area contributed by atoms with Crippen molar-refractivity contribution in [3.8, 4) is 0 Å². The molecular formula is C13H15ClN2OS. The van der Waals surface area contributed by atoms with Crippen LogP contribution in [0.15, 0.2) is 18.2 Å². The Balaban J connectivity index is 2.54. The Morgan fingerprint density at radius 1 is 1.39 bits per heavy atom. The number of carbonyl (C=O) groups is 1. The number of halogens is 1. The minimum absolute atomic E-state index is 0.0487. The zero-order valence-corrected chi connectivity index (χ0v) is 12.2. The highest BCUT2D eigenvalue weighted by Crippen LogP contribution is 2.27. The van der Waals surface area contributed by atoms with E-state index in [4.69, 9.17) is 23.8 Å². The second kappa shape index (κ2) is 4.52. The third-order valence-electron chi connectivity index (χ3n) is 2.84. The van der Waals surface area contributed by atoms with Crippen LogP contribution in [0.4, 0.5) is 5.69 Å². The van der Waals surface area contributed by atoms with Crippen LogP contribution in [-0.4, -0.2) is 27.9 Å². The van der Waals surface area contributed by atoms with Crippen LogP contribution in [0.3, 0.4) is 0 Å². The molecule has 0 fully saturated rings. The van der Waals surface area contributed by atoms with Crippen molar-refractivity contribution >= 4 is 40.4 Å². The lowest BCUT2D eigenvalue weighted by atomic mass is 10.0. The lowest BCUT2D eigenvalue weighted by Crippen LogP contribution is -2.47. The highest BCUT2D eigenvalue weighted by Gasteiger charge is 2.32. The number of nitrogens with zero attached hydrogens (tertiary/aromatic N) is 1. The third kappa shape index (κ3) is 2.49. The van der Waals surface area contributed by atoms with Crippen LogP contribution >= 0.6 is 23.8 Å². The Kier molecular flexibility index (Phi) is 3.34. The van der Waals surface area contributed by atoms with Gasteiger partial charge in [0, 0.05) is 10.6 Å². The molecule has 2 rings (SSSR count). The number of nitrogens with one attached hydrogen (secondary N) is 1. The summed E-state index contributed by atoms with van der Waals surface area (Å²) in [7, 11) is 0. The average molecular weight is 283 g/mol. The van der Waals surface area contributed by atoms with E-state index in [2.05, 4.69) is 5.32 Å². The Hall–Kier alpha value is -1.13. The third-order valence-corrected chi connectivity index (χ3v) is 3.31. The van der Waals surface area contributed by atoms with Gasteiger partial charge in [-0.05, 0) is 39.0 Å². The number of hydrogen-bond donors (Lipinski definition) is 1. The molecule has 0 aromatic heterocycles. The van der Waals surface area contributed by atoms with Crippen molar-refractivity contribution in [1.82, 2.24) is 4.90 Å². The Bertz CT molecular complexity index is 522. The highest BCUT2D eigenvalue weighted by molar-refractivity contribution is 7.80. The van der Waals surface area contributed by atoms with Gasteiger partial charge >= 0.3 is 0 Å². The molecule has 0 bridgehead atoms. The number of hydrogen-bond acceptors (Lipinski definition) is 2. The van der Waals surface area contributed by atoms with Crippen LogP contribution in [0, 0.1) is 0 Å². The molecule has 0 aliphatic carbocycles. The van der Waals surface area contributed by atoms with Crippen molar-refractivity contribution in [2.45, 2.75) is 26.3 Å². The number of fused-ring (bicyclic) bond motifs is 1. The molecule has 18 heavy (non-hydrogen) atoms. The van der Waals surface area contributed by atoms with Crippen LogP contribution in [0.2, 0.25) is 5.02 Å². The molecule has 5 heteroatoms. The average Bonchev–Trinajstić information content (AvgIpc) is 2.37. The summed E-state index contributed by atoms with van der Waals surface area (Å²) in [4.78, 5) is 14.9. The van der Waals surface area contributed by atoms with E-state index in [1.807, 2.05) is 20.8 Å². The minimum Gasteiger partial charge on any atom is -0.348 e. The van der Waals surface area contributed by atoms with Gasteiger partial charge in [-0.25, -0.2) is 0 Å². The van der Waals surface area contributed by atoms with Crippen molar-refractivity contribution in [3.63, 3.8) is 0 Å². The van der Waals surface area contributed by atoms with Crippen LogP contribution in [0.25, 0.3) is 0 Å². The molecule has 1 N–H and O–H groups in total. The molecule has 0 saturated carbocycles. The Labute approximate surface area is 117 Å². The van der Waals surface area contributed by atoms with Crippen LogP contribution in [0.1, 0.15) is 31.1 Å². The largest absolute Gasteiger partial charge is 0.348 e. The molecule has 0 radical (unpaired) electrons. The molecule has 1 heterocycles. The van der Waals surface area contributed by atoms with Crippen molar-refractivity contribution in [3.05, 3.63) is 28.8 Å². The predicted octanol–water partition coefficient (Wildman–Crippen LogP) is 3.33. The molecule has 0 atom stereocenters. The van der Waals surface area contributed by atoms with Gasteiger partial charge in [-0.3, -0.25) is 4.79 Å². The van der Waals surface area contributed by atoms with E-state index in [1.165, 1.54) is 0 Å². The first-order valence-electron chi connectivity index (χ1n) is 5.70. The molecule has 0 unspecified atom stereocenters. The first-order chi connectivity index (χ1) is 8.29. The number of benzene rings is 1. The molecule has 1 aromatic rings. The first kappa shape index (κ1) is 13.3. The number of carbonyl (C=O) groups excluding carboxylic acids is 1. The normalized spacial score (nSPS) is 16.1. The Morgan fingerprint density at radius 3 is 2.67 bits per heavy atom. The number of amides is 1. The number of anilines is 1. The minimum atomic E-state index is -0.285. The lowest BCUT2D eigenvalue weighted by Gasteiger charge is -2.34. The van der Waals surface area contributed by atoms with Crippen LogP contribution in [-0.2, 0) is 0 Å². The number of rotatable bonds is 0. The van der Waals surface area contributed by atoms with Crippen molar-refractivity contribution < 1.29 is 4.79 Å². The van der Waals surface area contributed by atoms with Crippen LogP contribution < -0.4 is 5.32 Å². The zero-order chi connectivity index (χ0) is 13.5. The highest BCUT2D eigenvalue weighted by atomic mass is 35.5. The molecule has 3 nitrogen and oxygen atoms in total. The van der Waals surface area contributed by atoms with Gasteiger partial charge in [-0.15, -0.1) is 0 Å². The molecule has 1 aliphatic rings. The summed E-state index contributed by atoms with van der Waals surface area (Å²) in [6.07, 6.45) is 0. The molecular weight excluding hydrogens is 268 g/mol. The summed E-state index contributed by atoms with van der Waals surface area (Å²) in [6, 6.07) is 5.21. The van der Waals surface area contributed by atoms with E-state index < -0.39 is 0 Å². The van der Waals surface area contributed by atoms with Gasteiger partial charge in [0.1, 0.15) is 0 Å². The molecule has 96 valence electrons. The topological polar surface area (TPSA) is 32.3 Å². The van der Waals surface area contributed by atoms with E-state index in [1.54, 1.807) is 23.1 Å². The summed E-state index contributed by atoms with van der Waals surface area (Å²) in [5.74, 6) is -0.0487. The van der Waals surface area contributed by atoms with Crippen LogP contribution in [0.5, 0.6) is 0 Å². The SMILES string of the molecule is CC(C)(C)N1CC(=S)Nc2ccc(Cl)cc2C1=O. The summed E-state index contributed by atoms with van der Waals surface area (Å²) in [6.45, 7) is 6.39. The fourth-order valence-electron chi connectivity index (χ4n) is 1.89. The molecule has 0 spiro atoms. The summed E-state index contributed by atoms with van der Waals surface area (Å²) < 4.78 is 0. The van der Waals surface area contributed by atoms with E-state index in [0.29, 0.717) is 22.1 Å². The first-order valence-corrected chi connectivity index (χ1v) is 6.49. The zero-order valence-electron chi connectivity index (χ0n) is 10.6. The van der Waals surface area contributed by atoms with E-state index in [9.17, 15) is 4.79 Å². The second-order valence-corrected chi connectivity index (χ2v) is 6.23. The maximum absolute atomic E-state index is 12.5. The van der Waals surface area contributed by atoms with Gasteiger partial charge in [0.05, 0.1) is 22.8 Å². The van der Waals surface area contributed by atoms with Gasteiger partial charge < -0.3 is 10.2 Å². The molecule has 1 amide bonds. The van der Waals surface area contributed by atoms with Gasteiger partial charge in [-0.2, -0.15) is 0 Å². The standard InChI is InChI=1S/C13H15ClN2OS/c1-13(2,3)16-7-11(18)15-10-5-4-8(14)6-9(10)12(16)17/h4-6H,7H2,1-3H3,(H,15,18). The summed E-state index contributed by atoms with van der Waals surface area (Å²) in [5.41, 5.74) is 1.01. The van der Waals surface area contributed by atoms with Crippen molar-refractivity contribution in [2.24, 2.45) is 0 Å². The fourth-order valence-corrected chi connectivity index (χ4v) is 2.31. The fraction of sp³-hybridized carbons (Fsp3) is 0.385. The van der Waals surface area contributed by atoms with Gasteiger partial charge in [0.15, 0.2) is 0 Å². The van der Waals surface area contributed by atoms with Crippen molar-refractivity contribution in [2.75, 3.05) is 11.9 Å². The van der Waals surface area contributed by atoms with E-state index in [0.717, 1.165) is 5.69 Å². The maximum Gasteiger partial charge on any atom is 0.256 e. The molecule has 1 aromatic carbocycles. The van der Waals surface area contributed by atoms with Gasteiger partial charge in [0.2, 0.25) is 0 Å². The maximum atomic E-state index is 12.5. The monoisotopic (exact) mass is 282 g/mol. The molecule has 0 saturated heterocycles. The van der Waals surface area contributed by atoms with E-state index >= 15 is 0 Å². The van der Waals surface area contributed by atoms with Gasteiger partial charge in [-0.1, -0.05) is 23.8 Å². The van der Waals surface area contributed by atoms with Gasteiger partial charge in [0.25, 0.3) is 5.91 Å². The quantitative estimate of drug-likeness (QED) is 0.741. The summed E-state index contributed by atoms with van der Waals surface area (Å²) in [5, 5.41) is 3.64. The predicted molar refractivity (Wildman–Crippen MR) is 78.5 cm³/mol. The van der Waals surface area contributed by atoms with E-state index in [-0.39, 0.29) is 11.4 Å². The second-order valence-electron chi connectivity index (χ2n) is 5.30. The number of thiocarbonyl (C=S) groups is 1.